The molecule has 8 aromatic rings. The van der Waals surface area contributed by atoms with Crippen LogP contribution in [0.1, 0.15) is 54.9 Å². The minimum absolute atomic E-state index is 0.242. The molecular formula is C50H42N4. The molecule has 3 N–H and O–H groups in total. The van der Waals surface area contributed by atoms with E-state index >= 15 is 0 Å². The van der Waals surface area contributed by atoms with E-state index in [-0.39, 0.29) is 11.8 Å². The van der Waals surface area contributed by atoms with Gasteiger partial charge in [-0.25, -0.2) is 0 Å². The SMILES string of the molecule is C=C/C=C\C(=N)c1ccc2c(c1)c1ccc3c(c1n2-c1ccccc1)C(C)C(C)c1cc2c4cc(/C(N)=C/C=C\C)ccc4n(-c4ccccc4)c2cc1-3. The van der Waals surface area contributed by atoms with Crippen LogP contribution in [-0.2, 0) is 0 Å². The van der Waals surface area contributed by atoms with Gasteiger partial charge in [-0.05, 0) is 119 Å². The molecule has 9 rings (SSSR count). The molecule has 0 bridgehead atoms. The monoisotopic (exact) mass is 698 g/mol. The summed E-state index contributed by atoms with van der Waals surface area (Å²) in [5.74, 6) is 0.502. The molecule has 2 unspecified atom stereocenters. The summed E-state index contributed by atoms with van der Waals surface area (Å²) in [5.41, 5.74) is 22.0. The zero-order valence-corrected chi connectivity index (χ0v) is 30.8. The minimum atomic E-state index is 0.242. The standard InChI is InChI=1S/C50H42N4/c1-5-7-19-44(51)33-22-26-47-41(27-33)38-24-23-37-40-30-48-43(29-39(40)31(3)32(4)49(37)50(38)54(47)36-17-13-10-14-18-36)42-28-34(45(52)20-8-6-2)21-25-46(42)53(48)35-15-11-9-12-16-35/h5-32,51H,1,52H2,2-4H3/b8-6-,19-7-,45-20-,51-44?. The van der Waals surface area contributed by atoms with E-state index < -0.39 is 0 Å². The summed E-state index contributed by atoms with van der Waals surface area (Å²) in [7, 11) is 0. The van der Waals surface area contributed by atoms with Crippen molar-refractivity contribution in [3.05, 3.63) is 187 Å². The molecular weight excluding hydrogens is 657 g/mol. The van der Waals surface area contributed by atoms with Gasteiger partial charge in [-0.3, -0.25) is 0 Å². The molecule has 0 saturated heterocycles. The predicted octanol–water partition coefficient (Wildman–Crippen LogP) is 12.8. The van der Waals surface area contributed by atoms with Gasteiger partial charge in [-0.15, -0.1) is 0 Å². The van der Waals surface area contributed by atoms with Crippen LogP contribution < -0.4 is 5.73 Å². The van der Waals surface area contributed by atoms with Crippen LogP contribution in [0.25, 0.3) is 71.8 Å². The van der Waals surface area contributed by atoms with Crippen LogP contribution in [0, 0.1) is 5.41 Å². The lowest BCUT2D eigenvalue weighted by atomic mass is 9.72. The van der Waals surface area contributed by atoms with E-state index in [1.54, 1.807) is 12.2 Å². The van der Waals surface area contributed by atoms with Crippen molar-refractivity contribution in [3.63, 3.8) is 0 Å². The molecule has 54 heavy (non-hydrogen) atoms. The van der Waals surface area contributed by atoms with E-state index in [0.717, 1.165) is 44.6 Å². The highest BCUT2D eigenvalue weighted by Gasteiger charge is 2.33. The quantitative estimate of drug-likeness (QED) is 0.126. The fourth-order valence-corrected chi connectivity index (χ4v) is 8.65. The zero-order chi connectivity index (χ0) is 37.1. The topological polar surface area (TPSA) is 59.7 Å². The number of benzene rings is 6. The Kier molecular flexibility index (Phi) is 8.05. The van der Waals surface area contributed by atoms with Crippen molar-refractivity contribution in [2.24, 2.45) is 5.73 Å². The first-order valence-corrected chi connectivity index (χ1v) is 18.7. The van der Waals surface area contributed by atoms with Gasteiger partial charge >= 0.3 is 0 Å². The summed E-state index contributed by atoms with van der Waals surface area (Å²) in [6.07, 6.45) is 11.3. The maximum atomic E-state index is 8.77. The maximum Gasteiger partial charge on any atom is 0.0612 e. The third-order valence-corrected chi connectivity index (χ3v) is 11.4. The molecule has 0 saturated carbocycles. The Morgan fingerprint density at radius 3 is 1.98 bits per heavy atom. The first-order chi connectivity index (χ1) is 26.4. The van der Waals surface area contributed by atoms with Crippen LogP contribution in [-0.4, -0.2) is 14.8 Å². The summed E-state index contributed by atoms with van der Waals surface area (Å²) < 4.78 is 4.84. The van der Waals surface area contributed by atoms with Gasteiger partial charge in [0.15, 0.2) is 0 Å². The fourth-order valence-electron chi connectivity index (χ4n) is 8.65. The molecule has 262 valence electrons. The molecule has 2 atom stereocenters. The van der Waals surface area contributed by atoms with Crippen molar-refractivity contribution in [1.29, 1.82) is 5.41 Å². The molecule has 4 heteroatoms. The van der Waals surface area contributed by atoms with E-state index in [1.165, 1.54) is 49.4 Å². The van der Waals surface area contributed by atoms with Crippen molar-refractivity contribution in [2.45, 2.75) is 32.6 Å². The Balaban J connectivity index is 1.36. The van der Waals surface area contributed by atoms with Gasteiger partial charge in [-0.2, -0.15) is 0 Å². The van der Waals surface area contributed by atoms with Crippen LogP contribution in [0.5, 0.6) is 0 Å². The minimum Gasteiger partial charge on any atom is -0.398 e. The molecule has 6 aromatic carbocycles. The Morgan fingerprint density at radius 2 is 1.28 bits per heavy atom. The van der Waals surface area contributed by atoms with Gasteiger partial charge in [0.1, 0.15) is 0 Å². The van der Waals surface area contributed by atoms with Gasteiger partial charge in [0, 0.05) is 44.2 Å². The lowest BCUT2D eigenvalue weighted by Crippen LogP contribution is -2.15. The van der Waals surface area contributed by atoms with Gasteiger partial charge in [0.2, 0.25) is 0 Å². The summed E-state index contributed by atoms with van der Waals surface area (Å²) in [5, 5.41) is 13.5. The number of nitrogens with zero attached hydrogens (tertiary/aromatic N) is 2. The van der Waals surface area contributed by atoms with Crippen LogP contribution in [0.4, 0.5) is 0 Å². The first kappa shape index (κ1) is 33.2. The van der Waals surface area contributed by atoms with Crippen molar-refractivity contribution >= 4 is 55.0 Å². The summed E-state index contributed by atoms with van der Waals surface area (Å²) in [6, 6.07) is 43.9. The van der Waals surface area contributed by atoms with Crippen molar-refractivity contribution < 1.29 is 0 Å². The van der Waals surface area contributed by atoms with Crippen LogP contribution in [0.15, 0.2) is 164 Å². The number of fused-ring (bicyclic) bond motifs is 10. The van der Waals surface area contributed by atoms with Gasteiger partial charge < -0.3 is 20.3 Å². The number of para-hydroxylation sites is 2. The molecule has 0 aliphatic heterocycles. The molecule has 2 heterocycles. The van der Waals surface area contributed by atoms with Gasteiger partial charge in [0.25, 0.3) is 0 Å². The fraction of sp³-hybridized carbons (Fsp3) is 0.100. The highest BCUT2D eigenvalue weighted by atomic mass is 15.0. The van der Waals surface area contributed by atoms with Crippen LogP contribution in [0.3, 0.4) is 0 Å². The molecule has 1 aliphatic rings. The van der Waals surface area contributed by atoms with E-state index in [0.29, 0.717) is 5.71 Å². The summed E-state index contributed by atoms with van der Waals surface area (Å²) in [4.78, 5) is 0. The molecule has 0 amide bonds. The highest BCUT2D eigenvalue weighted by Crippen LogP contribution is 2.52. The largest absolute Gasteiger partial charge is 0.398 e. The second-order valence-electron chi connectivity index (χ2n) is 14.4. The average molecular weight is 699 g/mol. The number of hydrogen-bond donors (Lipinski definition) is 2. The number of nitrogens with one attached hydrogen (secondary N) is 1. The first-order valence-electron chi connectivity index (χ1n) is 18.7. The smallest absolute Gasteiger partial charge is 0.0612 e. The van der Waals surface area contributed by atoms with E-state index in [9.17, 15) is 0 Å². The zero-order valence-electron chi connectivity index (χ0n) is 30.8. The average Bonchev–Trinajstić information content (AvgIpc) is 3.72. The van der Waals surface area contributed by atoms with Crippen LogP contribution in [0.2, 0.25) is 0 Å². The number of hydrogen-bond acceptors (Lipinski definition) is 2. The Labute approximate surface area is 316 Å². The second-order valence-corrected chi connectivity index (χ2v) is 14.4. The van der Waals surface area contributed by atoms with Gasteiger partial charge in [0.05, 0.1) is 27.8 Å². The van der Waals surface area contributed by atoms with E-state index in [4.69, 9.17) is 11.1 Å². The van der Waals surface area contributed by atoms with Gasteiger partial charge in [-0.1, -0.05) is 105 Å². The lowest BCUT2D eigenvalue weighted by Gasteiger charge is -2.33. The second kappa shape index (κ2) is 13.1. The number of nitrogens with two attached hydrogens (primary N) is 1. The molecule has 0 fully saturated rings. The van der Waals surface area contributed by atoms with Crippen molar-refractivity contribution in [1.82, 2.24) is 9.13 Å². The van der Waals surface area contributed by atoms with Crippen molar-refractivity contribution in [3.8, 4) is 22.5 Å². The molecule has 0 spiro atoms. The third kappa shape index (κ3) is 5.09. The summed E-state index contributed by atoms with van der Waals surface area (Å²) in [6.45, 7) is 10.6. The lowest BCUT2D eigenvalue weighted by molar-refractivity contribution is 0.619. The maximum absolute atomic E-state index is 8.77. The van der Waals surface area contributed by atoms with E-state index in [1.807, 2.05) is 31.2 Å². The molecule has 0 radical (unpaired) electrons. The number of allylic oxidation sites excluding steroid dienone is 6. The third-order valence-electron chi connectivity index (χ3n) is 11.4. The molecule has 2 aromatic heterocycles. The van der Waals surface area contributed by atoms with Crippen molar-refractivity contribution in [2.75, 3.05) is 0 Å². The molecule has 4 nitrogen and oxygen atoms in total. The molecule has 1 aliphatic carbocycles. The van der Waals surface area contributed by atoms with E-state index in [2.05, 4.69) is 151 Å². The van der Waals surface area contributed by atoms with Crippen LogP contribution >= 0.6 is 0 Å². The Bertz CT molecular complexity index is 2900. The normalized spacial score (nSPS) is 15.9. The Morgan fingerprint density at radius 1 is 0.648 bits per heavy atom. The highest BCUT2D eigenvalue weighted by molar-refractivity contribution is 6.17. The summed E-state index contributed by atoms with van der Waals surface area (Å²) >= 11 is 0. The predicted molar refractivity (Wildman–Crippen MR) is 231 cm³/mol. The number of aromatic nitrogens is 2. The number of rotatable bonds is 7. The Hall–Kier alpha value is -6.65.